The average Bonchev–Trinajstić information content (AvgIpc) is 2.62. The minimum Gasteiger partial charge on any atom is -0.466 e. The van der Waals surface area contributed by atoms with Crippen molar-refractivity contribution in [1.82, 2.24) is 5.32 Å². The van der Waals surface area contributed by atoms with Crippen LogP contribution in [0, 0.1) is 0 Å². The van der Waals surface area contributed by atoms with Gasteiger partial charge in [-0.2, -0.15) is 0 Å². The van der Waals surface area contributed by atoms with E-state index in [-0.39, 0.29) is 17.1 Å². The van der Waals surface area contributed by atoms with Gasteiger partial charge in [0.25, 0.3) is 0 Å². The van der Waals surface area contributed by atoms with Gasteiger partial charge in [0.2, 0.25) is 0 Å². The highest BCUT2D eigenvalue weighted by Gasteiger charge is 2.45. The summed E-state index contributed by atoms with van der Waals surface area (Å²) in [6, 6.07) is 0.781. The third-order valence-corrected chi connectivity index (χ3v) is 9.69. The van der Waals surface area contributed by atoms with Gasteiger partial charge in [0, 0.05) is 18.2 Å². The van der Waals surface area contributed by atoms with Gasteiger partial charge in [-0.3, -0.25) is 0 Å². The lowest BCUT2D eigenvalue weighted by Gasteiger charge is -2.39. The van der Waals surface area contributed by atoms with Crippen LogP contribution in [0.4, 0.5) is 0 Å². The van der Waals surface area contributed by atoms with Crippen LogP contribution < -0.4 is 5.32 Å². The van der Waals surface area contributed by atoms with Crippen molar-refractivity contribution >= 4 is 14.3 Å². The van der Waals surface area contributed by atoms with Crippen LogP contribution in [0.3, 0.4) is 0 Å². The van der Waals surface area contributed by atoms with Crippen molar-refractivity contribution in [2.75, 3.05) is 7.11 Å². The predicted molar refractivity (Wildman–Crippen MR) is 86.7 cm³/mol. The topological polar surface area (TPSA) is 47.6 Å². The first kappa shape index (κ1) is 16.7. The first-order chi connectivity index (χ1) is 9.62. The highest BCUT2D eigenvalue weighted by molar-refractivity contribution is 6.74. The van der Waals surface area contributed by atoms with Crippen molar-refractivity contribution in [2.24, 2.45) is 0 Å². The van der Waals surface area contributed by atoms with Gasteiger partial charge in [-0.05, 0) is 37.4 Å². The molecule has 2 aliphatic rings. The first-order valence-corrected chi connectivity index (χ1v) is 10.7. The zero-order valence-electron chi connectivity index (χ0n) is 14.2. The van der Waals surface area contributed by atoms with E-state index in [0.29, 0.717) is 12.1 Å². The first-order valence-electron chi connectivity index (χ1n) is 7.83. The zero-order valence-corrected chi connectivity index (χ0v) is 15.2. The van der Waals surface area contributed by atoms with E-state index in [4.69, 9.17) is 9.16 Å². The molecule has 0 aliphatic carbocycles. The normalized spacial score (nSPS) is 31.5. The Kier molecular flexibility index (Phi) is 4.66. The van der Waals surface area contributed by atoms with E-state index in [9.17, 15) is 4.79 Å². The zero-order chi connectivity index (χ0) is 15.8. The Morgan fingerprint density at radius 1 is 1.33 bits per heavy atom. The number of hydrogen-bond acceptors (Lipinski definition) is 4. The van der Waals surface area contributed by atoms with E-state index in [1.54, 1.807) is 6.08 Å². The summed E-state index contributed by atoms with van der Waals surface area (Å²) in [5.41, 5.74) is 1.19. The molecule has 0 aromatic rings. The number of fused-ring (bicyclic) bond motifs is 2. The number of esters is 1. The van der Waals surface area contributed by atoms with Crippen LogP contribution in [0.1, 0.15) is 40.0 Å². The molecule has 2 fully saturated rings. The number of ether oxygens (including phenoxy) is 1. The van der Waals surface area contributed by atoms with Crippen molar-refractivity contribution < 1.29 is 14.0 Å². The molecule has 0 radical (unpaired) electrons. The number of nitrogens with one attached hydrogen (secondary N) is 1. The molecule has 0 amide bonds. The molecular formula is C16H29NO3Si. The van der Waals surface area contributed by atoms with Gasteiger partial charge in [-0.15, -0.1) is 0 Å². The van der Waals surface area contributed by atoms with Crippen LogP contribution in [-0.4, -0.2) is 39.6 Å². The molecule has 21 heavy (non-hydrogen) atoms. The summed E-state index contributed by atoms with van der Waals surface area (Å²) in [5.74, 6) is -0.242. The predicted octanol–water partition coefficient (Wildman–Crippen LogP) is 3.00. The minimum absolute atomic E-state index is 0.231. The van der Waals surface area contributed by atoms with Crippen LogP contribution in [0.2, 0.25) is 18.1 Å². The van der Waals surface area contributed by atoms with Crippen LogP contribution in [0.25, 0.3) is 0 Å². The fourth-order valence-electron chi connectivity index (χ4n) is 2.97. The monoisotopic (exact) mass is 311 g/mol. The van der Waals surface area contributed by atoms with Crippen molar-refractivity contribution in [3.8, 4) is 0 Å². The molecule has 2 bridgehead atoms. The lowest BCUT2D eigenvalue weighted by atomic mass is 9.98. The number of hydrogen-bond donors (Lipinski definition) is 1. The fourth-order valence-corrected chi connectivity index (χ4v) is 4.34. The molecule has 2 saturated heterocycles. The van der Waals surface area contributed by atoms with Crippen molar-refractivity contribution in [1.29, 1.82) is 0 Å². The molecule has 1 N–H and O–H groups in total. The second-order valence-corrected chi connectivity index (χ2v) is 12.6. The maximum absolute atomic E-state index is 11.4. The van der Waals surface area contributed by atoms with E-state index in [2.05, 4.69) is 39.2 Å². The highest BCUT2D eigenvalue weighted by atomic mass is 28.4. The largest absolute Gasteiger partial charge is 0.466 e. The lowest BCUT2D eigenvalue weighted by Crippen LogP contribution is -2.47. The van der Waals surface area contributed by atoms with Gasteiger partial charge in [0.1, 0.15) is 0 Å². The summed E-state index contributed by atoms with van der Waals surface area (Å²) in [6.07, 6.45) is 4.82. The number of carbonyl (C=O) groups is 1. The Hall–Kier alpha value is -0.653. The summed E-state index contributed by atoms with van der Waals surface area (Å²) in [4.78, 5) is 11.4. The smallest absolute Gasteiger partial charge is 0.330 e. The number of carbonyl (C=O) groups excluding carboxylic acids is 1. The molecule has 4 nitrogen and oxygen atoms in total. The molecule has 5 heteroatoms. The molecule has 3 atom stereocenters. The lowest BCUT2D eigenvalue weighted by molar-refractivity contribution is -0.134. The molecule has 0 aromatic carbocycles. The Bertz CT molecular complexity index is 439. The number of rotatable bonds is 3. The van der Waals surface area contributed by atoms with Crippen molar-refractivity contribution in [2.45, 2.75) is 76.4 Å². The van der Waals surface area contributed by atoms with Crippen LogP contribution in [-0.2, 0) is 14.0 Å². The highest BCUT2D eigenvalue weighted by Crippen LogP contribution is 2.41. The molecule has 3 unspecified atom stereocenters. The third kappa shape index (κ3) is 3.76. The number of methoxy groups -OCH3 is 1. The molecule has 0 saturated carbocycles. The Morgan fingerprint density at radius 2 is 2.00 bits per heavy atom. The fraction of sp³-hybridized carbons (Fsp3) is 0.812. The summed E-state index contributed by atoms with van der Waals surface area (Å²) >= 11 is 0. The SMILES string of the molecule is COC(=O)C=C1CC2CC(O[Si](C)(C)C(C)(C)C)C(C1)N2. The number of piperidine rings is 1. The summed E-state index contributed by atoms with van der Waals surface area (Å²) < 4.78 is 11.3. The second kappa shape index (κ2) is 5.86. The van der Waals surface area contributed by atoms with E-state index in [0.717, 1.165) is 19.3 Å². The quantitative estimate of drug-likeness (QED) is 0.494. The molecule has 2 heterocycles. The molecular weight excluding hydrogens is 282 g/mol. The molecule has 120 valence electrons. The van der Waals surface area contributed by atoms with Gasteiger partial charge in [-0.25, -0.2) is 4.79 Å². The molecule has 2 rings (SSSR count). The van der Waals surface area contributed by atoms with Gasteiger partial charge in [0.05, 0.1) is 13.2 Å². The average molecular weight is 311 g/mol. The van der Waals surface area contributed by atoms with Gasteiger partial charge >= 0.3 is 5.97 Å². The summed E-state index contributed by atoms with van der Waals surface area (Å²) in [5, 5.41) is 3.87. The summed E-state index contributed by atoms with van der Waals surface area (Å²) in [6.45, 7) is 11.4. The standard InChI is InChI=1S/C16H29NO3Si/c1-16(2,3)21(5,6)20-14-10-12-7-11(8-13(14)17-12)9-15(18)19-4/h9,12-14,17H,7-8,10H2,1-6H3. The van der Waals surface area contributed by atoms with Crippen LogP contribution in [0.5, 0.6) is 0 Å². The van der Waals surface area contributed by atoms with Gasteiger partial charge < -0.3 is 14.5 Å². The van der Waals surface area contributed by atoms with Crippen molar-refractivity contribution in [3.63, 3.8) is 0 Å². The third-order valence-electron chi connectivity index (χ3n) is 5.18. The van der Waals surface area contributed by atoms with E-state index in [1.807, 2.05) is 0 Å². The van der Waals surface area contributed by atoms with Crippen molar-refractivity contribution in [3.05, 3.63) is 11.6 Å². The maximum atomic E-state index is 11.4. The minimum atomic E-state index is -1.74. The van der Waals surface area contributed by atoms with E-state index < -0.39 is 8.32 Å². The van der Waals surface area contributed by atoms with Gasteiger partial charge in [-0.1, -0.05) is 26.3 Å². The van der Waals surface area contributed by atoms with Crippen LogP contribution in [0.15, 0.2) is 11.6 Å². The van der Waals surface area contributed by atoms with E-state index in [1.165, 1.54) is 12.7 Å². The van der Waals surface area contributed by atoms with Crippen LogP contribution >= 0.6 is 0 Å². The Morgan fingerprint density at radius 3 is 2.57 bits per heavy atom. The molecule has 2 aliphatic heterocycles. The second-order valence-electron chi connectivity index (χ2n) is 7.86. The Labute approximate surface area is 129 Å². The molecule has 0 aromatic heterocycles. The Balaban J connectivity index is 2.04. The van der Waals surface area contributed by atoms with E-state index >= 15 is 0 Å². The maximum Gasteiger partial charge on any atom is 0.330 e. The molecule has 0 spiro atoms. The summed E-state index contributed by atoms with van der Waals surface area (Å²) in [7, 11) is -0.313. The van der Waals surface area contributed by atoms with Gasteiger partial charge in [0.15, 0.2) is 8.32 Å².